The molecule has 0 spiro atoms. The molecule has 0 radical (unpaired) electrons. The van der Waals surface area contributed by atoms with Gasteiger partial charge in [0.05, 0.1) is 6.26 Å². The first-order valence-electron chi connectivity index (χ1n) is 2.87. The number of allylic oxidation sites excluding steroid dienone is 1. The molecule has 0 saturated carbocycles. The molecule has 58 valence electrons. The predicted octanol–water partition coefficient (Wildman–Crippen LogP) is 0.524. The minimum atomic E-state index is -4.00. The highest BCUT2D eigenvalue weighted by molar-refractivity contribution is 7.86. The van der Waals surface area contributed by atoms with Crippen molar-refractivity contribution in [1.29, 1.82) is 0 Å². The van der Waals surface area contributed by atoms with Crippen LogP contribution >= 0.6 is 0 Å². The molecule has 1 heterocycles. The molecule has 10 heavy (non-hydrogen) atoms. The molecule has 0 saturated heterocycles. The van der Waals surface area contributed by atoms with Crippen LogP contribution in [-0.2, 0) is 14.9 Å². The van der Waals surface area contributed by atoms with Gasteiger partial charge in [0, 0.05) is 6.42 Å². The zero-order valence-corrected chi connectivity index (χ0v) is 6.04. The minimum Gasteiger partial charge on any atom is -0.480 e. The monoisotopic (exact) mass is 164 g/mol. The van der Waals surface area contributed by atoms with E-state index in [-0.39, 0.29) is 0 Å². The molecule has 5 heteroatoms. The molecule has 1 rings (SSSR count). The average Bonchev–Trinajstić information content (AvgIpc) is 1.88. The first-order chi connectivity index (χ1) is 4.61. The maximum Gasteiger partial charge on any atom is 0.303 e. The Bertz CT molecular complexity index is 228. The molecule has 0 bridgehead atoms. The molecule has 0 fully saturated rings. The highest BCUT2D eigenvalue weighted by Crippen LogP contribution is 2.14. The molecule has 0 amide bonds. The van der Waals surface area contributed by atoms with Crippen LogP contribution in [-0.4, -0.2) is 18.4 Å². The van der Waals surface area contributed by atoms with Gasteiger partial charge in [-0.05, 0) is 12.5 Å². The Morgan fingerprint density at radius 1 is 1.60 bits per heavy atom. The van der Waals surface area contributed by atoms with Crippen LogP contribution < -0.4 is 0 Å². The summed E-state index contributed by atoms with van der Waals surface area (Å²) in [6, 6.07) is 0. The Hall–Kier alpha value is -0.550. The van der Waals surface area contributed by atoms with Gasteiger partial charge in [-0.2, -0.15) is 8.42 Å². The smallest absolute Gasteiger partial charge is 0.303 e. The lowest BCUT2D eigenvalue weighted by molar-refractivity contribution is 0.178. The topological polar surface area (TPSA) is 63.6 Å². The van der Waals surface area contributed by atoms with Gasteiger partial charge in [0.15, 0.2) is 0 Å². The standard InChI is InChI=1S/C5H8O4S/c6-10(7,8)5-3-1-2-4-9-5/h2,4-5H,1,3H2,(H,6,7,8). The first kappa shape index (κ1) is 7.56. The molecule has 0 aliphatic carbocycles. The Morgan fingerprint density at radius 3 is 2.60 bits per heavy atom. The zero-order valence-electron chi connectivity index (χ0n) is 5.23. The summed E-state index contributed by atoms with van der Waals surface area (Å²) in [5.41, 5.74) is -1.06. The Labute approximate surface area is 59.2 Å². The van der Waals surface area contributed by atoms with Crippen LogP contribution in [0.3, 0.4) is 0 Å². The van der Waals surface area contributed by atoms with E-state index in [0.29, 0.717) is 12.8 Å². The maximum absolute atomic E-state index is 10.4. The van der Waals surface area contributed by atoms with E-state index in [1.165, 1.54) is 6.26 Å². The Kier molecular flexibility index (Phi) is 1.96. The van der Waals surface area contributed by atoms with E-state index >= 15 is 0 Å². The lowest BCUT2D eigenvalue weighted by Gasteiger charge is -2.15. The average molecular weight is 164 g/mol. The van der Waals surface area contributed by atoms with Crippen LogP contribution in [0, 0.1) is 0 Å². The largest absolute Gasteiger partial charge is 0.480 e. The van der Waals surface area contributed by atoms with Gasteiger partial charge in [0.25, 0.3) is 0 Å². The zero-order chi connectivity index (χ0) is 7.61. The normalized spacial score (nSPS) is 25.9. The fourth-order valence-electron chi connectivity index (χ4n) is 0.731. The predicted molar refractivity (Wildman–Crippen MR) is 34.8 cm³/mol. The second kappa shape index (κ2) is 2.59. The molecule has 0 aromatic rings. The Balaban J connectivity index is 2.67. The number of ether oxygens (including phenoxy) is 1. The third kappa shape index (κ3) is 1.71. The van der Waals surface area contributed by atoms with Gasteiger partial charge < -0.3 is 4.74 Å². The summed E-state index contributed by atoms with van der Waals surface area (Å²) in [5.74, 6) is 0. The van der Waals surface area contributed by atoms with E-state index in [9.17, 15) is 8.42 Å². The van der Waals surface area contributed by atoms with Crippen molar-refractivity contribution >= 4 is 10.1 Å². The van der Waals surface area contributed by atoms with Crippen molar-refractivity contribution in [1.82, 2.24) is 0 Å². The van der Waals surface area contributed by atoms with E-state index in [1.807, 2.05) is 0 Å². The Morgan fingerprint density at radius 2 is 2.30 bits per heavy atom. The van der Waals surface area contributed by atoms with Crippen LogP contribution in [0.15, 0.2) is 12.3 Å². The summed E-state index contributed by atoms with van der Waals surface area (Å²) in [6.07, 6.45) is 3.96. The van der Waals surface area contributed by atoms with E-state index in [4.69, 9.17) is 4.55 Å². The van der Waals surface area contributed by atoms with Crippen molar-refractivity contribution in [3.63, 3.8) is 0 Å². The van der Waals surface area contributed by atoms with Crippen molar-refractivity contribution in [3.8, 4) is 0 Å². The second-order valence-electron chi connectivity index (χ2n) is 2.03. The van der Waals surface area contributed by atoms with Crippen molar-refractivity contribution in [2.45, 2.75) is 18.3 Å². The quantitative estimate of drug-likeness (QED) is 0.574. The number of hydrogen-bond donors (Lipinski definition) is 1. The van der Waals surface area contributed by atoms with Crippen molar-refractivity contribution in [3.05, 3.63) is 12.3 Å². The number of hydrogen-bond acceptors (Lipinski definition) is 3. The third-order valence-electron chi connectivity index (χ3n) is 1.23. The molecule has 1 aliphatic rings. The molecular formula is C5H8O4S. The van der Waals surface area contributed by atoms with Gasteiger partial charge in [-0.15, -0.1) is 0 Å². The van der Waals surface area contributed by atoms with Gasteiger partial charge in [0.2, 0.25) is 5.44 Å². The highest BCUT2D eigenvalue weighted by atomic mass is 32.2. The third-order valence-corrected chi connectivity index (χ3v) is 2.24. The van der Waals surface area contributed by atoms with E-state index in [2.05, 4.69) is 4.74 Å². The van der Waals surface area contributed by atoms with E-state index in [1.54, 1.807) is 6.08 Å². The summed E-state index contributed by atoms with van der Waals surface area (Å²) >= 11 is 0. The van der Waals surface area contributed by atoms with Crippen molar-refractivity contribution in [2.75, 3.05) is 0 Å². The molecule has 4 nitrogen and oxygen atoms in total. The van der Waals surface area contributed by atoms with Gasteiger partial charge in [-0.3, -0.25) is 4.55 Å². The molecule has 1 N–H and O–H groups in total. The van der Waals surface area contributed by atoms with E-state index < -0.39 is 15.6 Å². The molecule has 1 unspecified atom stereocenters. The van der Waals surface area contributed by atoms with Crippen LogP contribution in [0.2, 0.25) is 0 Å². The van der Waals surface area contributed by atoms with Gasteiger partial charge >= 0.3 is 10.1 Å². The fourth-order valence-corrected chi connectivity index (χ4v) is 1.37. The molecule has 1 aliphatic heterocycles. The van der Waals surface area contributed by atoms with Gasteiger partial charge in [-0.25, -0.2) is 0 Å². The molecule has 0 aromatic heterocycles. The lowest BCUT2D eigenvalue weighted by Crippen LogP contribution is -2.23. The molecule has 1 atom stereocenters. The first-order valence-corrected chi connectivity index (χ1v) is 4.38. The summed E-state index contributed by atoms with van der Waals surface area (Å²) in [7, 11) is -4.00. The van der Waals surface area contributed by atoms with Crippen molar-refractivity contribution in [2.24, 2.45) is 0 Å². The summed E-state index contributed by atoms with van der Waals surface area (Å²) < 4.78 is 33.8. The van der Waals surface area contributed by atoms with Crippen LogP contribution in [0.1, 0.15) is 12.8 Å². The lowest BCUT2D eigenvalue weighted by atomic mass is 10.3. The highest BCUT2D eigenvalue weighted by Gasteiger charge is 2.24. The molecular weight excluding hydrogens is 156 g/mol. The number of rotatable bonds is 1. The van der Waals surface area contributed by atoms with Crippen molar-refractivity contribution < 1.29 is 17.7 Å². The molecule has 0 aromatic carbocycles. The summed E-state index contributed by atoms with van der Waals surface area (Å²) in [5, 5.41) is 0. The maximum atomic E-state index is 10.4. The SMILES string of the molecule is O=S(=O)(O)C1CCC=CO1. The van der Waals surface area contributed by atoms with Crippen LogP contribution in [0.4, 0.5) is 0 Å². The fraction of sp³-hybridized carbons (Fsp3) is 0.600. The van der Waals surface area contributed by atoms with Crippen LogP contribution in [0.5, 0.6) is 0 Å². The second-order valence-corrected chi connectivity index (χ2v) is 3.59. The minimum absolute atomic E-state index is 0.329. The van der Waals surface area contributed by atoms with Crippen LogP contribution in [0.25, 0.3) is 0 Å². The summed E-state index contributed by atoms with van der Waals surface area (Å²) in [6.45, 7) is 0. The van der Waals surface area contributed by atoms with E-state index in [0.717, 1.165) is 0 Å². The van der Waals surface area contributed by atoms with Gasteiger partial charge in [-0.1, -0.05) is 0 Å². The van der Waals surface area contributed by atoms with Gasteiger partial charge in [0.1, 0.15) is 0 Å². The summed E-state index contributed by atoms with van der Waals surface area (Å²) in [4.78, 5) is 0.